The summed E-state index contributed by atoms with van der Waals surface area (Å²) >= 11 is 6.17. The van der Waals surface area contributed by atoms with Crippen molar-refractivity contribution < 1.29 is 9.53 Å². The summed E-state index contributed by atoms with van der Waals surface area (Å²) in [6, 6.07) is 0. The van der Waals surface area contributed by atoms with Gasteiger partial charge in [-0.25, -0.2) is 4.79 Å². The van der Waals surface area contributed by atoms with E-state index in [0.29, 0.717) is 38.1 Å². The van der Waals surface area contributed by atoms with Crippen molar-refractivity contribution in [3.8, 4) is 0 Å². The summed E-state index contributed by atoms with van der Waals surface area (Å²) in [5.74, 6) is 1.07. The average Bonchev–Trinajstić information content (AvgIpc) is 2.60. The zero-order chi connectivity index (χ0) is 20.4. The molecule has 2 aliphatic rings. The fourth-order valence-electron chi connectivity index (χ4n) is 3.68. The minimum Gasteiger partial charge on any atom is -0.444 e. The standard InChI is InChI=1S/C19H31ClN6O2/c1-18(2,3)28-17(27)26-12-10-25(11-13-26)16-22-14(20)21-15(23-16)24-19(4)8-6-5-7-9-19/h5-13H2,1-4H3,(H,21,22,23,24). The maximum atomic E-state index is 12.2. The number of carbonyl (C=O) groups excluding carboxylic acids is 1. The molecule has 1 aliphatic carbocycles. The van der Waals surface area contributed by atoms with Crippen LogP contribution in [0.2, 0.25) is 5.28 Å². The Balaban J connectivity index is 1.63. The summed E-state index contributed by atoms with van der Waals surface area (Å²) < 4.78 is 5.45. The molecule has 1 aromatic rings. The Labute approximate surface area is 172 Å². The number of ether oxygens (including phenoxy) is 1. The van der Waals surface area contributed by atoms with Gasteiger partial charge in [-0.1, -0.05) is 19.3 Å². The Bertz CT molecular complexity index is 694. The number of amides is 1. The second kappa shape index (κ2) is 8.27. The van der Waals surface area contributed by atoms with Crippen molar-refractivity contribution in [1.82, 2.24) is 19.9 Å². The SMILES string of the molecule is CC1(Nc2nc(Cl)nc(N3CCN(C(=O)OC(C)(C)C)CC3)n2)CCCCC1. The number of carbonyl (C=O) groups is 1. The molecule has 1 saturated heterocycles. The zero-order valence-corrected chi connectivity index (χ0v) is 18.1. The molecule has 1 aromatic heterocycles. The molecule has 1 aliphatic heterocycles. The first-order valence-electron chi connectivity index (χ1n) is 10.1. The van der Waals surface area contributed by atoms with Crippen molar-refractivity contribution in [3.63, 3.8) is 0 Å². The number of nitrogens with zero attached hydrogens (tertiary/aromatic N) is 5. The molecule has 0 bridgehead atoms. The van der Waals surface area contributed by atoms with Gasteiger partial charge in [0.05, 0.1) is 0 Å². The molecule has 0 spiro atoms. The van der Waals surface area contributed by atoms with Crippen LogP contribution in [0.4, 0.5) is 16.7 Å². The number of hydrogen-bond acceptors (Lipinski definition) is 7. The highest BCUT2D eigenvalue weighted by molar-refractivity contribution is 6.28. The third kappa shape index (κ3) is 5.59. The largest absolute Gasteiger partial charge is 0.444 e. The highest BCUT2D eigenvalue weighted by Crippen LogP contribution is 2.30. The molecule has 0 aromatic carbocycles. The summed E-state index contributed by atoms with van der Waals surface area (Å²) in [6.07, 6.45) is 5.61. The highest BCUT2D eigenvalue weighted by Gasteiger charge is 2.29. The van der Waals surface area contributed by atoms with Crippen LogP contribution < -0.4 is 10.2 Å². The van der Waals surface area contributed by atoms with Gasteiger partial charge >= 0.3 is 6.09 Å². The molecular formula is C19H31ClN6O2. The van der Waals surface area contributed by atoms with Crippen LogP contribution in [0.3, 0.4) is 0 Å². The first kappa shape index (κ1) is 20.9. The molecule has 0 atom stereocenters. The number of hydrogen-bond donors (Lipinski definition) is 1. The second-order valence-electron chi connectivity index (χ2n) is 8.93. The molecule has 0 unspecified atom stereocenters. The molecule has 2 heterocycles. The molecule has 2 fully saturated rings. The molecule has 8 nitrogen and oxygen atoms in total. The highest BCUT2D eigenvalue weighted by atomic mass is 35.5. The van der Waals surface area contributed by atoms with E-state index in [2.05, 4.69) is 27.2 Å². The molecule has 156 valence electrons. The maximum absolute atomic E-state index is 12.2. The average molecular weight is 411 g/mol. The molecule has 0 radical (unpaired) electrons. The van der Waals surface area contributed by atoms with Gasteiger partial charge in [0.25, 0.3) is 0 Å². The summed E-state index contributed by atoms with van der Waals surface area (Å²) in [5, 5.41) is 3.65. The zero-order valence-electron chi connectivity index (χ0n) is 17.3. The lowest BCUT2D eigenvalue weighted by Gasteiger charge is -2.36. The predicted octanol–water partition coefficient (Wildman–Crippen LogP) is 3.72. The number of aromatic nitrogens is 3. The Morgan fingerprint density at radius 2 is 1.71 bits per heavy atom. The van der Waals surface area contributed by atoms with Crippen LogP contribution in [-0.2, 0) is 4.74 Å². The molecule has 1 saturated carbocycles. The van der Waals surface area contributed by atoms with Crippen LogP contribution in [-0.4, -0.2) is 63.3 Å². The Kier molecular flexibility index (Phi) is 6.17. The van der Waals surface area contributed by atoms with E-state index in [4.69, 9.17) is 16.3 Å². The molecule has 28 heavy (non-hydrogen) atoms. The van der Waals surface area contributed by atoms with Crippen molar-refractivity contribution in [1.29, 1.82) is 0 Å². The number of anilines is 2. The molecule has 1 N–H and O–H groups in total. The number of halogens is 1. The molecular weight excluding hydrogens is 380 g/mol. The quantitative estimate of drug-likeness (QED) is 0.812. The van der Waals surface area contributed by atoms with Gasteiger partial charge in [-0.15, -0.1) is 0 Å². The number of rotatable bonds is 3. The van der Waals surface area contributed by atoms with Crippen molar-refractivity contribution in [2.45, 2.75) is 70.9 Å². The number of nitrogens with one attached hydrogen (secondary N) is 1. The summed E-state index contributed by atoms with van der Waals surface area (Å²) in [5.41, 5.74) is -0.499. The Morgan fingerprint density at radius 1 is 1.07 bits per heavy atom. The normalized spacial score (nSPS) is 20.0. The van der Waals surface area contributed by atoms with E-state index in [1.54, 1.807) is 4.90 Å². The van der Waals surface area contributed by atoms with Gasteiger partial charge in [0.1, 0.15) is 5.60 Å². The van der Waals surface area contributed by atoms with Crippen molar-refractivity contribution in [2.75, 3.05) is 36.4 Å². The van der Waals surface area contributed by atoms with Gasteiger partial charge in [-0.2, -0.15) is 15.0 Å². The predicted molar refractivity (Wildman–Crippen MR) is 110 cm³/mol. The minimum absolute atomic E-state index is 0.00435. The topological polar surface area (TPSA) is 83.5 Å². The lowest BCUT2D eigenvalue weighted by Crippen LogP contribution is -2.50. The van der Waals surface area contributed by atoms with Gasteiger partial charge in [0.15, 0.2) is 0 Å². The fraction of sp³-hybridized carbons (Fsp3) is 0.789. The maximum Gasteiger partial charge on any atom is 0.410 e. The fourth-order valence-corrected chi connectivity index (χ4v) is 3.84. The molecule has 1 amide bonds. The lowest BCUT2D eigenvalue weighted by molar-refractivity contribution is 0.0240. The van der Waals surface area contributed by atoms with Crippen molar-refractivity contribution in [3.05, 3.63) is 5.28 Å². The second-order valence-corrected chi connectivity index (χ2v) is 9.27. The van der Waals surface area contributed by atoms with Crippen LogP contribution in [0.1, 0.15) is 59.8 Å². The van der Waals surface area contributed by atoms with E-state index in [9.17, 15) is 4.79 Å². The molecule has 3 rings (SSSR count). The first-order chi connectivity index (χ1) is 13.1. The van der Waals surface area contributed by atoms with Crippen LogP contribution in [0.25, 0.3) is 0 Å². The van der Waals surface area contributed by atoms with Gasteiger partial charge < -0.3 is 19.9 Å². The van der Waals surface area contributed by atoms with E-state index in [1.807, 2.05) is 25.7 Å². The summed E-state index contributed by atoms with van der Waals surface area (Å²) in [4.78, 5) is 29.1. The van der Waals surface area contributed by atoms with Gasteiger partial charge in [0, 0.05) is 31.7 Å². The van der Waals surface area contributed by atoms with E-state index >= 15 is 0 Å². The first-order valence-corrected chi connectivity index (χ1v) is 10.4. The number of piperazine rings is 1. The van der Waals surface area contributed by atoms with Crippen LogP contribution in [0.15, 0.2) is 0 Å². The van der Waals surface area contributed by atoms with Crippen molar-refractivity contribution >= 4 is 29.6 Å². The third-order valence-electron chi connectivity index (χ3n) is 5.18. The van der Waals surface area contributed by atoms with E-state index < -0.39 is 5.60 Å². The smallest absolute Gasteiger partial charge is 0.410 e. The van der Waals surface area contributed by atoms with Crippen LogP contribution in [0, 0.1) is 0 Å². The Hall–Kier alpha value is -1.83. The van der Waals surface area contributed by atoms with Gasteiger partial charge in [0.2, 0.25) is 17.2 Å². The third-order valence-corrected chi connectivity index (χ3v) is 5.35. The van der Waals surface area contributed by atoms with Gasteiger partial charge in [-0.3, -0.25) is 0 Å². The van der Waals surface area contributed by atoms with E-state index in [0.717, 1.165) is 12.8 Å². The minimum atomic E-state index is -0.494. The molecule has 9 heteroatoms. The van der Waals surface area contributed by atoms with Gasteiger partial charge in [-0.05, 0) is 52.1 Å². The summed E-state index contributed by atoms with van der Waals surface area (Å²) in [6.45, 7) is 10.2. The van der Waals surface area contributed by atoms with Crippen LogP contribution in [0.5, 0.6) is 0 Å². The van der Waals surface area contributed by atoms with Crippen molar-refractivity contribution in [2.24, 2.45) is 0 Å². The Morgan fingerprint density at radius 3 is 2.32 bits per heavy atom. The lowest BCUT2D eigenvalue weighted by atomic mass is 9.83. The summed E-state index contributed by atoms with van der Waals surface area (Å²) in [7, 11) is 0. The monoisotopic (exact) mass is 410 g/mol. The van der Waals surface area contributed by atoms with E-state index in [-0.39, 0.29) is 16.9 Å². The van der Waals surface area contributed by atoms with Crippen LogP contribution >= 0.6 is 11.6 Å². The van der Waals surface area contributed by atoms with E-state index in [1.165, 1.54) is 19.3 Å².